The average molecular weight is 981 g/mol. The predicted molar refractivity (Wildman–Crippen MR) is 328 cm³/mol. The Morgan fingerprint density at radius 2 is 0.882 bits per heavy atom. The van der Waals surface area contributed by atoms with Gasteiger partial charge in [-0.2, -0.15) is 0 Å². The largest absolute Gasteiger partial charge is 0.311 e. The molecule has 7 heterocycles. The first kappa shape index (κ1) is 44.6. The van der Waals surface area contributed by atoms with Gasteiger partial charge in [0.1, 0.15) is 0 Å². The van der Waals surface area contributed by atoms with Crippen LogP contribution in [0.5, 0.6) is 0 Å². The lowest BCUT2D eigenvalue weighted by atomic mass is 9.29. The lowest BCUT2D eigenvalue weighted by Crippen LogP contribution is -2.67. The fraction of sp³-hybridized carbons (Fsp3) is 0.229. The molecule has 0 saturated carbocycles. The van der Waals surface area contributed by atoms with Crippen molar-refractivity contribution in [3.63, 3.8) is 0 Å². The van der Waals surface area contributed by atoms with Crippen LogP contribution >= 0.6 is 0 Å². The lowest BCUT2D eigenvalue weighted by Gasteiger charge is -2.45. The van der Waals surface area contributed by atoms with Crippen LogP contribution < -0.4 is 37.7 Å². The first-order valence-corrected chi connectivity index (χ1v) is 27.8. The summed E-state index contributed by atoms with van der Waals surface area (Å²) in [4.78, 5) is 2.64. The van der Waals surface area contributed by atoms with E-state index in [0.717, 1.165) is 0 Å². The molecule has 0 aliphatic carbocycles. The molecule has 368 valence electrons. The normalized spacial score (nSPS) is 14.5. The Morgan fingerprint density at radius 1 is 0.316 bits per heavy atom. The minimum absolute atomic E-state index is 0.00559. The van der Waals surface area contributed by atoms with Crippen molar-refractivity contribution in [1.82, 2.24) is 13.7 Å². The highest BCUT2D eigenvalue weighted by Gasteiger charge is 2.50. The molecule has 0 N–H and O–H groups in total. The Morgan fingerprint density at radius 3 is 1.62 bits per heavy atom. The van der Waals surface area contributed by atoms with Crippen LogP contribution in [0, 0.1) is 0 Å². The van der Waals surface area contributed by atoms with Crippen molar-refractivity contribution < 1.29 is 0 Å². The molecule has 0 fully saturated rings. The van der Waals surface area contributed by atoms with Gasteiger partial charge >= 0.3 is 0 Å². The molecule has 0 bridgehead atoms. The second kappa shape index (κ2) is 14.2. The van der Waals surface area contributed by atoms with Gasteiger partial charge in [0.05, 0.1) is 22.1 Å². The van der Waals surface area contributed by atoms with Crippen molar-refractivity contribution in [3.05, 3.63) is 180 Å². The molecule has 9 aromatic carbocycles. The Kier molecular flexibility index (Phi) is 8.34. The van der Waals surface area contributed by atoms with Crippen LogP contribution in [0.2, 0.25) is 0 Å². The van der Waals surface area contributed by atoms with E-state index in [2.05, 4.69) is 259 Å². The van der Waals surface area contributed by atoms with Crippen LogP contribution in [0.15, 0.2) is 158 Å². The van der Waals surface area contributed by atoms with Gasteiger partial charge < -0.3 is 18.6 Å². The van der Waals surface area contributed by atoms with Gasteiger partial charge in [0.25, 0.3) is 13.4 Å². The van der Waals surface area contributed by atoms with Crippen molar-refractivity contribution in [3.8, 4) is 17.1 Å². The van der Waals surface area contributed by atoms with Gasteiger partial charge in [0, 0.05) is 77.5 Å². The van der Waals surface area contributed by atoms with E-state index in [1.54, 1.807) is 0 Å². The molecule has 12 aromatic rings. The number of anilines is 3. The summed E-state index contributed by atoms with van der Waals surface area (Å²) >= 11 is 0. The molecule has 4 aliphatic heterocycles. The fourth-order valence-corrected chi connectivity index (χ4v) is 14.6. The molecule has 4 nitrogen and oxygen atoms in total. The van der Waals surface area contributed by atoms with Gasteiger partial charge in [-0.25, -0.2) is 0 Å². The molecule has 6 heteroatoms. The third-order valence-corrected chi connectivity index (χ3v) is 18.4. The minimum atomic E-state index is -0.0887. The van der Waals surface area contributed by atoms with E-state index in [0.29, 0.717) is 0 Å². The third kappa shape index (κ3) is 5.57. The van der Waals surface area contributed by atoms with E-state index in [1.807, 2.05) is 0 Å². The van der Waals surface area contributed by atoms with E-state index in [4.69, 9.17) is 0 Å². The standard InChI is InChI=1S/C70H62B2N4/c1-67(2,3)39-25-29-44(30-26-39)73-56-32-28-41(69(7,8)9)35-51(56)71-50-23-18-22-46-59-64-49(45-21-16-17-24-54(45)74(64)43-19-14-13-15-20-43)37-53-65(59)76(62(46)50)66-60(71)57(73)38-58-61(66)72(53)52-36-42(70(10,11)12)34-48-47-33-40(68(4,5)6)27-31-55(47)75(58)63(48)52/h13-38H,1-12H3. The van der Waals surface area contributed by atoms with Gasteiger partial charge in [-0.3, -0.25) is 0 Å². The number of aromatic nitrogens is 3. The maximum atomic E-state index is 2.80. The van der Waals surface area contributed by atoms with Crippen molar-refractivity contribution in [2.24, 2.45) is 0 Å². The average Bonchev–Trinajstić information content (AvgIpc) is 4.05. The lowest BCUT2D eigenvalue weighted by molar-refractivity contribution is 0.590. The van der Waals surface area contributed by atoms with Crippen LogP contribution in [0.1, 0.15) is 105 Å². The zero-order valence-electron chi connectivity index (χ0n) is 46.0. The number of benzene rings is 9. The van der Waals surface area contributed by atoms with Gasteiger partial charge in [0.15, 0.2) is 0 Å². The molecule has 16 rings (SSSR count). The molecule has 76 heavy (non-hydrogen) atoms. The first-order valence-electron chi connectivity index (χ1n) is 27.8. The highest BCUT2D eigenvalue weighted by atomic mass is 15.2. The zero-order valence-corrected chi connectivity index (χ0v) is 46.0. The molecule has 3 aromatic heterocycles. The minimum Gasteiger partial charge on any atom is -0.311 e. The van der Waals surface area contributed by atoms with Crippen molar-refractivity contribution in [2.45, 2.75) is 105 Å². The molecular formula is C70H62B2N4. The maximum absolute atomic E-state index is 2.80. The summed E-state index contributed by atoms with van der Waals surface area (Å²) < 4.78 is 8.08. The highest BCUT2D eigenvalue weighted by molar-refractivity contribution is 7.04. The van der Waals surface area contributed by atoms with Gasteiger partial charge in [-0.1, -0.05) is 180 Å². The van der Waals surface area contributed by atoms with Crippen molar-refractivity contribution in [1.29, 1.82) is 0 Å². The quantitative estimate of drug-likeness (QED) is 0.158. The predicted octanol–water partition coefficient (Wildman–Crippen LogP) is 13.9. The van der Waals surface area contributed by atoms with Crippen LogP contribution in [0.4, 0.5) is 17.1 Å². The van der Waals surface area contributed by atoms with E-state index >= 15 is 0 Å². The molecule has 0 radical (unpaired) electrons. The topological polar surface area (TPSA) is 18.0 Å². The SMILES string of the molecule is CC(C)(C)c1ccc(N2c3ccc(C(C)(C)C)cc3B3c4c2cc2c5c4-n4c6c3cccc6c3c4c(cc4c6ccccc6n(-c6ccccc6)c43)B5c3cc(C(C)(C)C)cc4c5cc(C(C)(C)C)ccc5n-2c34)cc1. The molecule has 0 unspecified atom stereocenters. The molecule has 4 aliphatic rings. The Labute approximate surface area is 446 Å². The highest BCUT2D eigenvalue weighted by Crippen LogP contribution is 2.49. The van der Waals surface area contributed by atoms with E-state index in [1.165, 1.54) is 155 Å². The van der Waals surface area contributed by atoms with Crippen LogP contribution in [-0.4, -0.2) is 27.1 Å². The van der Waals surface area contributed by atoms with Gasteiger partial charge in [-0.05, 0) is 137 Å². The van der Waals surface area contributed by atoms with Crippen molar-refractivity contribution >= 4 is 129 Å². The summed E-state index contributed by atoms with van der Waals surface area (Å²) in [5.41, 5.74) is 29.0. The number of rotatable bonds is 2. The fourth-order valence-electron chi connectivity index (χ4n) is 14.6. The Bertz CT molecular complexity index is 4610. The number of nitrogens with zero attached hydrogens (tertiary/aromatic N) is 4. The maximum Gasteiger partial charge on any atom is 0.252 e. The summed E-state index contributed by atoms with van der Waals surface area (Å²) in [5, 5.41) is 7.94. The van der Waals surface area contributed by atoms with Crippen molar-refractivity contribution in [2.75, 3.05) is 4.90 Å². The molecule has 0 amide bonds. The summed E-state index contributed by atoms with van der Waals surface area (Å²) in [6, 6.07) is 62.3. The second-order valence-corrected chi connectivity index (χ2v) is 27.0. The number of hydrogen-bond donors (Lipinski definition) is 0. The van der Waals surface area contributed by atoms with E-state index < -0.39 is 0 Å². The Balaban J connectivity index is 1.16. The van der Waals surface area contributed by atoms with Crippen LogP contribution in [0.3, 0.4) is 0 Å². The number of fused-ring (bicyclic) bond motifs is 14. The molecule has 0 spiro atoms. The summed E-state index contributed by atoms with van der Waals surface area (Å²) in [6.45, 7) is 28.3. The summed E-state index contributed by atoms with van der Waals surface area (Å²) in [5.74, 6) is 0. The number of hydrogen-bond acceptors (Lipinski definition) is 1. The van der Waals surface area contributed by atoms with Crippen LogP contribution in [-0.2, 0) is 21.7 Å². The molecular weight excluding hydrogens is 918 g/mol. The van der Waals surface area contributed by atoms with E-state index in [9.17, 15) is 0 Å². The van der Waals surface area contributed by atoms with Gasteiger partial charge in [-0.15, -0.1) is 0 Å². The first-order chi connectivity index (χ1) is 36.3. The smallest absolute Gasteiger partial charge is 0.252 e. The van der Waals surface area contributed by atoms with E-state index in [-0.39, 0.29) is 35.1 Å². The Hall–Kier alpha value is -7.69. The van der Waals surface area contributed by atoms with Crippen LogP contribution in [0.25, 0.3) is 82.5 Å². The molecule has 0 atom stereocenters. The number of para-hydroxylation sites is 3. The van der Waals surface area contributed by atoms with Gasteiger partial charge in [0.2, 0.25) is 0 Å². The monoisotopic (exact) mass is 981 g/mol. The molecule has 0 saturated heterocycles. The summed E-state index contributed by atoms with van der Waals surface area (Å²) in [7, 11) is 0. The third-order valence-electron chi connectivity index (χ3n) is 18.4. The second-order valence-electron chi connectivity index (χ2n) is 27.0. The summed E-state index contributed by atoms with van der Waals surface area (Å²) in [6.07, 6.45) is 0. The zero-order chi connectivity index (χ0) is 52.0.